The maximum atomic E-state index is 12.7. The van der Waals surface area contributed by atoms with Crippen LogP contribution in [-0.2, 0) is 6.54 Å². The number of nitrogens with zero attached hydrogens (tertiary/aromatic N) is 4. The summed E-state index contributed by atoms with van der Waals surface area (Å²) in [7, 11) is 1.80. The minimum absolute atomic E-state index is 0. The van der Waals surface area contributed by atoms with Crippen LogP contribution in [0.4, 0.5) is 0 Å². The van der Waals surface area contributed by atoms with Crippen LogP contribution in [0.5, 0.6) is 0 Å². The van der Waals surface area contributed by atoms with Crippen LogP contribution in [0.2, 0.25) is 0 Å². The number of halogens is 2. The van der Waals surface area contributed by atoms with Gasteiger partial charge < -0.3 is 10.2 Å². The molecule has 1 N–H and O–H groups in total. The third-order valence-electron chi connectivity index (χ3n) is 4.15. The van der Waals surface area contributed by atoms with Gasteiger partial charge in [0, 0.05) is 11.9 Å². The highest BCUT2D eigenvalue weighted by atomic mass is 79.9. The first-order valence-corrected chi connectivity index (χ1v) is 9.29. The van der Waals surface area contributed by atoms with Gasteiger partial charge in [-0.3, -0.25) is 4.79 Å². The lowest BCUT2D eigenvalue weighted by atomic mass is 10.1. The van der Waals surface area contributed by atoms with Crippen molar-refractivity contribution < 1.29 is 4.79 Å². The highest BCUT2D eigenvalue weighted by Crippen LogP contribution is 2.24. The molecule has 1 aliphatic heterocycles. The Hall–Kier alpha value is -0.960. The van der Waals surface area contributed by atoms with Crippen molar-refractivity contribution in [1.29, 1.82) is 0 Å². The van der Waals surface area contributed by atoms with Gasteiger partial charge in [0.25, 0.3) is 5.91 Å². The van der Waals surface area contributed by atoms with Gasteiger partial charge in [-0.05, 0) is 60.9 Å². The van der Waals surface area contributed by atoms with Crippen LogP contribution in [0, 0.1) is 6.92 Å². The van der Waals surface area contributed by atoms with Crippen LogP contribution in [-0.4, -0.2) is 45.9 Å². The van der Waals surface area contributed by atoms with E-state index in [1.165, 1.54) is 0 Å². The summed E-state index contributed by atoms with van der Waals surface area (Å²) in [5, 5.41) is 11.7. The van der Waals surface area contributed by atoms with Gasteiger partial charge in [-0.15, -0.1) is 28.8 Å². The summed E-state index contributed by atoms with van der Waals surface area (Å²) in [4.78, 5) is 15.5. The van der Waals surface area contributed by atoms with Gasteiger partial charge in [0.05, 0.1) is 22.1 Å². The molecule has 1 fully saturated rings. The van der Waals surface area contributed by atoms with Crippen molar-refractivity contribution in [2.24, 2.45) is 0 Å². The molecule has 1 saturated heterocycles. The van der Waals surface area contributed by atoms with E-state index in [-0.39, 0.29) is 18.3 Å². The van der Waals surface area contributed by atoms with Gasteiger partial charge in [0.15, 0.2) is 5.69 Å². The van der Waals surface area contributed by atoms with E-state index >= 15 is 0 Å². The molecular formula is C15H21BrClN5OS. The van der Waals surface area contributed by atoms with Crippen LogP contribution < -0.4 is 5.32 Å². The standard InChI is InChI=1S/C15H20BrN5OS.ClH/c1-10-14(18-19-21(10)11-5-7-17-8-6-11)15(22)20(2)9-12-3-4-13(16)23-12;/h3-4,11,17H,5-9H2,1-2H3;1H. The first kappa shape index (κ1) is 19.4. The number of carbonyl (C=O) groups excluding carboxylic acids is 1. The number of hydrogen-bond acceptors (Lipinski definition) is 5. The van der Waals surface area contributed by atoms with Gasteiger partial charge in [-0.2, -0.15) is 0 Å². The summed E-state index contributed by atoms with van der Waals surface area (Å²) >= 11 is 5.08. The number of hydrogen-bond donors (Lipinski definition) is 1. The molecular weight excluding hydrogens is 414 g/mol. The van der Waals surface area contributed by atoms with E-state index in [4.69, 9.17) is 0 Å². The van der Waals surface area contributed by atoms with E-state index in [9.17, 15) is 4.79 Å². The van der Waals surface area contributed by atoms with E-state index in [1.54, 1.807) is 23.3 Å². The largest absolute Gasteiger partial charge is 0.335 e. The predicted octanol–water partition coefficient (Wildman–Crippen LogP) is 3.03. The lowest BCUT2D eigenvalue weighted by Gasteiger charge is -2.23. The molecule has 0 unspecified atom stereocenters. The van der Waals surface area contributed by atoms with Crippen LogP contribution in [0.25, 0.3) is 0 Å². The molecule has 0 aromatic carbocycles. The normalized spacial score (nSPS) is 15.1. The maximum absolute atomic E-state index is 12.7. The van der Waals surface area contributed by atoms with Gasteiger partial charge in [0.2, 0.25) is 0 Å². The van der Waals surface area contributed by atoms with Crippen molar-refractivity contribution in [3.05, 3.63) is 32.2 Å². The predicted molar refractivity (Wildman–Crippen MR) is 101 cm³/mol. The molecule has 1 aliphatic rings. The summed E-state index contributed by atoms with van der Waals surface area (Å²) < 4.78 is 2.99. The second-order valence-electron chi connectivity index (χ2n) is 5.82. The average molecular weight is 435 g/mol. The zero-order chi connectivity index (χ0) is 16.4. The number of thiophene rings is 1. The van der Waals surface area contributed by atoms with Gasteiger partial charge in [0.1, 0.15) is 0 Å². The minimum Gasteiger partial charge on any atom is -0.335 e. The summed E-state index contributed by atoms with van der Waals surface area (Å²) in [6.45, 7) is 4.49. The molecule has 24 heavy (non-hydrogen) atoms. The average Bonchev–Trinajstić information content (AvgIpc) is 3.13. The maximum Gasteiger partial charge on any atom is 0.276 e. The van der Waals surface area contributed by atoms with Crippen LogP contribution in [0.3, 0.4) is 0 Å². The van der Waals surface area contributed by atoms with Crippen LogP contribution in [0.1, 0.15) is 39.9 Å². The Morgan fingerprint density at radius 1 is 1.46 bits per heavy atom. The number of carbonyl (C=O) groups is 1. The van der Waals surface area contributed by atoms with E-state index < -0.39 is 0 Å². The second kappa shape index (κ2) is 8.42. The fourth-order valence-corrected chi connectivity index (χ4v) is 4.40. The fraction of sp³-hybridized carbons (Fsp3) is 0.533. The molecule has 0 atom stereocenters. The first-order valence-electron chi connectivity index (χ1n) is 7.68. The van der Waals surface area contributed by atoms with Crippen molar-refractivity contribution in [3.63, 3.8) is 0 Å². The quantitative estimate of drug-likeness (QED) is 0.803. The van der Waals surface area contributed by atoms with Crippen molar-refractivity contribution in [1.82, 2.24) is 25.2 Å². The Kier molecular flexibility index (Phi) is 6.79. The highest BCUT2D eigenvalue weighted by molar-refractivity contribution is 9.11. The Labute approximate surface area is 160 Å². The number of aromatic nitrogens is 3. The molecule has 0 bridgehead atoms. The Bertz CT molecular complexity index is 698. The van der Waals surface area contributed by atoms with Crippen molar-refractivity contribution in [3.8, 4) is 0 Å². The summed E-state index contributed by atoms with van der Waals surface area (Å²) in [6, 6.07) is 4.36. The van der Waals surface area contributed by atoms with Crippen molar-refractivity contribution >= 4 is 45.6 Å². The van der Waals surface area contributed by atoms with E-state index in [2.05, 4.69) is 31.6 Å². The lowest BCUT2D eigenvalue weighted by molar-refractivity contribution is 0.0779. The third-order valence-corrected chi connectivity index (χ3v) is 5.76. The number of amides is 1. The van der Waals surface area contributed by atoms with E-state index in [0.717, 1.165) is 40.3 Å². The minimum atomic E-state index is -0.0767. The second-order valence-corrected chi connectivity index (χ2v) is 8.36. The van der Waals surface area contributed by atoms with Crippen molar-refractivity contribution in [2.75, 3.05) is 20.1 Å². The summed E-state index contributed by atoms with van der Waals surface area (Å²) in [6.07, 6.45) is 2.05. The van der Waals surface area contributed by atoms with Crippen LogP contribution >= 0.6 is 39.7 Å². The SMILES string of the molecule is Cc1c(C(=O)N(C)Cc2ccc(Br)s2)nnn1C1CCNCC1.Cl. The molecule has 0 spiro atoms. The molecule has 6 nitrogen and oxygen atoms in total. The monoisotopic (exact) mass is 433 g/mol. The van der Waals surface area contributed by atoms with E-state index in [1.807, 2.05) is 23.7 Å². The summed E-state index contributed by atoms with van der Waals surface area (Å²) in [5.74, 6) is -0.0767. The molecule has 0 radical (unpaired) electrons. The van der Waals surface area contributed by atoms with Gasteiger partial charge in [-0.25, -0.2) is 4.68 Å². The smallest absolute Gasteiger partial charge is 0.276 e. The van der Waals surface area contributed by atoms with Gasteiger partial charge >= 0.3 is 0 Å². The molecule has 132 valence electrons. The van der Waals surface area contributed by atoms with E-state index in [0.29, 0.717) is 18.3 Å². The summed E-state index contributed by atoms with van der Waals surface area (Å²) in [5.41, 5.74) is 1.32. The lowest BCUT2D eigenvalue weighted by Crippen LogP contribution is -2.30. The fourth-order valence-electron chi connectivity index (χ4n) is 2.86. The Morgan fingerprint density at radius 2 is 2.17 bits per heavy atom. The molecule has 3 heterocycles. The highest BCUT2D eigenvalue weighted by Gasteiger charge is 2.24. The molecule has 2 aromatic heterocycles. The number of rotatable bonds is 4. The zero-order valence-electron chi connectivity index (χ0n) is 13.7. The van der Waals surface area contributed by atoms with Gasteiger partial charge in [-0.1, -0.05) is 5.21 Å². The molecule has 0 saturated carbocycles. The zero-order valence-corrected chi connectivity index (χ0v) is 16.9. The third kappa shape index (κ3) is 4.17. The molecule has 1 amide bonds. The molecule has 9 heteroatoms. The molecule has 3 rings (SSSR count). The number of piperidine rings is 1. The van der Waals surface area contributed by atoms with Crippen LogP contribution in [0.15, 0.2) is 15.9 Å². The Morgan fingerprint density at radius 3 is 2.79 bits per heavy atom. The molecule has 0 aliphatic carbocycles. The Balaban J connectivity index is 0.00000208. The topological polar surface area (TPSA) is 63.1 Å². The number of nitrogens with one attached hydrogen (secondary N) is 1. The molecule has 2 aromatic rings. The first-order chi connectivity index (χ1) is 11.1. The van der Waals surface area contributed by atoms with Crippen molar-refractivity contribution in [2.45, 2.75) is 32.4 Å².